The van der Waals surface area contributed by atoms with Gasteiger partial charge < -0.3 is 15.2 Å². The molecule has 0 radical (unpaired) electrons. The van der Waals surface area contributed by atoms with Crippen LogP contribution in [0.2, 0.25) is 0 Å². The first-order chi connectivity index (χ1) is 11.0. The molecule has 1 amide bonds. The molecule has 2 aromatic rings. The van der Waals surface area contributed by atoms with Gasteiger partial charge in [-0.1, -0.05) is 29.8 Å². The fourth-order valence-electron chi connectivity index (χ4n) is 2.31. The van der Waals surface area contributed by atoms with Gasteiger partial charge in [-0.2, -0.15) is 0 Å². The van der Waals surface area contributed by atoms with Crippen LogP contribution in [-0.2, 0) is 0 Å². The Morgan fingerprint density at radius 1 is 1.17 bits per heavy atom. The second-order valence-corrected chi connectivity index (χ2v) is 5.55. The fourth-order valence-corrected chi connectivity index (χ4v) is 2.31. The highest BCUT2D eigenvalue weighted by Gasteiger charge is 2.12. The van der Waals surface area contributed by atoms with Gasteiger partial charge >= 0.3 is 0 Å². The Bertz CT molecular complexity index is 665. The normalized spacial score (nSPS) is 11.8. The molecule has 0 aromatic heterocycles. The SMILES string of the molecule is CCOc1ccc(C(=O)NCC(O)c2ccc(C)cc2)cc1C. The molecule has 2 rings (SSSR count). The lowest BCUT2D eigenvalue weighted by molar-refractivity contribution is 0.0916. The zero-order valence-electron chi connectivity index (χ0n) is 13.8. The van der Waals surface area contributed by atoms with Crippen molar-refractivity contribution in [3.63, 3.8) is 0 Å². The summed E-state index contributed by atoms with van der Waals surface area (Å²) in [6.07, 6.45) is -0.719. The smallest absolute Gasteiger partial charge is 0.251 e. The van der Waals surface area contributed by atoms with Crippen molar-refractivity contribution in [1.82, 2.24) is 5.32 Å². The van der Waals surface area contributed by atoms with E-state index >= 15 is 0 Å². The number of carbonyl (C=O) groups excluding carboxylic acids is 1. The lowest BCUT2D eigenvalue weighted by atomic mass is 10.1. The Morgan fingerprint density at radius 2 is 1.87 bits per heavy atom. The highest BCUT2D eigenvalue weighted by atomic mass is 16.5. The molecule has 4 heteroatoms. The maximum Gasteiger partial charge on any atom is 0.251 e. The van der Waals surface area contributed by atoms with Crippen LogP contribution < -0.4 is 10.1 Å². The first-order valence-electron chi connectivity index (χ1n) is 7.77. The van der Waals surface area contributed by atoms with Crippen LogP contribution in [0.15, 0.2) is 42.5 Å². The number of carbonyl (C=O) groups is 1. The largest absolute Gasteiger partial charge is 0.494 e. The maximum absolute atomic E-state index is 12.2. The lowest BCUT2D eigenvalue weighted by Gasteiger charge is -2.13. The minimum absolute atomic E-state index is 0.175. The van der Waals surface area contributed by atoms with E-state index < -0.39 is 6.10 Å². The summed E-state index contributed by atoms with van der Waals surface area (Å²) < 4.78 is 5.47. The van der Waals surface area contributed by atoms with Gasteiger partial charge in [-0.3, -0.25) is 4.79 Å². The van der Waals surface area contributed by atoms with Crippen LogP contribution in [0.4, 0.5) is 0 Å². The summed E-state index contributed by atoms with van der Waals surface area (Å²) in [7, 11) is 0. The molecule has 0 bridgehead atoms. The first-order valence-corrected chi connectivity index (χ1v) is 7.77. The van der Waals surface area contributed by atoms with Crippen molar-refractivity contribution in [1.29, 1.82) is 0 Å². The van der Waals surface area contributed by atoms with E-state index in [4.69, 9.17) is 4.74 Å². The molecule has 0 fully saturated rings. The third-order valence-corrected chi connectivity index (χ3v) is 3.66. The molecule has 0 aliphatic heterocycles. The van der Waals surface area contributed by atoms with Crippen molar-refractivity contribution < 1.29 is 14.6 Å². The van der Waals surface area contributed by atoms with Gasteiger partial charge in [0.05, 0.1) is 12.7 Å². The molecular formula is C19H23NO3. The predicted molar refractivity (Wildman–Crippen MR) is 90.8 cm³/mol. The van der Waals surface area contributed by atoms with E-state index in [0.717, 1.165) is 22.4 Å². The van der Waals surface area contributed by atoms with Gasteiger partial charge in [0.25, 0.3) is 5.91 Å². The van der Waals surface area contributed by atoms with Crippen molar-refractivity contribution >= 4 is 5.91 Å². The Balaban J connectivity index is 1.96. The second kappa shape index (κ2) is 7.79. The molecule has 0 aliphatic rings. The molecule has 0 spiro atoms. The van der Waals surface area contributed by atoms with Crippen LogP contribution in [0.3, 0.4) is 0 Å². The number of ether oxygens (including phenoxy) is 1. The minimum atomic E-state index is -0.719. The summed E-state index contributed by atoms with van der Waals surface area (Å²) in [5, 5.41) is 12.9. The summed E-state index contributed by atoms with van der Waals surface area (Å²) in [6.45, 7) is 6.59. The highest BCUT2D eigenvalue weighted by molar-refractivity contribution is 5.94. The molecule has 0 saturated carbocycles. The van der Waals surface area contributed by atoms with E-state index in [1.165, 1.54) is 0 Å². The van der Waals surface area contributed by atoms with E-state index in [-0.39, 0.29) is 12.5 Å². The quantitative estimate of drug-likeness (QED) is 0.861. The van der Waals surface area contributed by atoms with Gasteiger partial charge in [0.1, 0.15) is 5.75 Å². The molecule has 4 nitrogen and oxygen atoms in total. The molecule has 122 valence electrons. The van der Waals surface area contributed by atoms with E-state index in [0.29, 0.717) is 12.2 Å². The van der Waals surface area contributed by atoms with E-state index in [1.807, 2.05) is 45.0 Å². The molecule has 0 saturated heterocycles. The number of hydrogen-bond donors (Lipinski definition) is 2. The van der Waals surface area contributed by atoms with Crippen molar-refractivity contribution in [2.75, 3.05) is 13.2 Å². The van der Waals surface area contributed by atoms with E-state index in [1.54, 1.807) is 18.2 Å². The minimum Gasteiger partial charge on any atom is -0.494 e. The maximum atomic E-state index is 12.2. The number of aliphatic hydroxyl groups is 1. The number of amides is 1. The van der Waals surface area contributed by atoms with Crippen molar-refractivity contribution in [2.45, 2.75) is 26.9 Å². The number of rotatable bonds is 6. The van der Waals surface area contributed by atoms with Crippen LogP contribution in [0.1, 0.15) is 40.1 Å². The summed E-state index contributed by atoms with van der Waals surface area (Å²) in [6, 6.07) is 12.9. The fraction of sp³-hybridized carbons (Fsp3) is 0.316. The van der Waals surface area contributed by atoms with Crippen LogP contribution in [0.5, 0.6) is 5.75 Å². The van der Waals surface area contributed by atoms with Crippen LogP contribution >= 0.6 is 0 Å². The highest BCUT2D eigenvalue weighted by Crippen LogP contribution is 2.19. The molecule has 2 aromatic carbocycles. The van der Waals surface area contributed by atoms with Gasteiger partial charge in [-0.15, -0.1) is 0 Å². The van der Waals surface area contributed by atoms with E-state index in [2.05, 4.69) is 5.32 Å². The summed E-state index contributed by atoms with van der Waals surface area (Å²) >= 11 is 0. The van der Waals surface area contributed by atoms with Crippen LogP contribution in [0, 0.1) is 13.8 Å². The third kappa shape index (κ3) is 4.57. The predicted octanol–water partition coefficient (Wildman–Crippen LogP) is 3.17. The first kappa shape index (κ1) is 17.0. The Hall–Kier alpha value is -2.33. The van der Waals surface area contributed by atoms with Gasteiger partial charge in [0.15, 0.2) is 0 Å². The average Bonchev–Trinajstić information content (AvgIpc) is 2.55. The van der Waals surface area contributed by atoms with Gasteiger partial charge in [0.2, 0.25) is 0 Å². The molecule has 1 unspecified atom stereocenters. The number of aryl methyl sites for hydroxylation is 2. The lowest BCUT2D eigenvalue weighted by Crippen LogP contribution is -2.28. The van der Waals surface area contributed by atoms with Crippen molar-refractivity contribution in [3.8, 4) is 5.75 Å². The number of nitrogens with one attached hydrogen (secondary N) is 1. The molecule has 0 aliphatic carbocycles. The van der Waals surface area contributed by atoms with Gasteiger partial charge in [0, 0.05) is 12.1 Å². The zero-order chi connectivity index (χ0) is 16.8. The molecule has 0 heterocycles. The number of benzene rings is 2. The number of hydrogen-bond acceptors (Lipinski definition) is 3. The second-order valence-electron chi connectivity index (χ2n) is 5.55. The van der Waals surface area contributed by atoms with Crippen molar-refractivity contribution in [3.05, 3.63) is 64.7 Å². The summed E-state index contributed by atoms with van der Waals surface area (Å²) in [4.78, 5) is 12.2. The molecular weight excluding hydrogens is 290 g/mol. The molecule has 1 atom stereocenters. The molecule has 2 N–H and O–H groups in total. The van der Waals surface area contributed by atoms with Crippen LogP contribution in [-0.4, -0.2) is 24.2 Å². The Labute approximate surface area is 137 Å². The average molecular weight is 313 g/mol. The zero-order valence-corrected chi connectivity index (χ0v) is 13.8. The van der Waals surface area contributed by atoms with Crippen LogP contribution in [0.25, 0.3) is 0 Å². The van der Waals surface area contributed by atoms with Crippen molar-refractivity contribution in [2.24, 2.45) is 0 Å². The standard InChI is InChI=1S/C19H23NO3/c1-4-23-18-10-9-16(11-14(18)3)19(22)20-12-17(21)15-7-5-13(2)6-8-15/h5-11,17,21H,4,12H2,1-3H3,(H,20,22). The monoisotopic (exact) mass is 313 g/mol. The third-order valence-electron chi connectivity index (χ3n) is 3.66. The topological polar surface area (TPSA) is 58.6 Å². The molecule has 23 heavy (non-hydrogen) atoms. The summed E-state index contributed by atoms with van der Waals surface area (Å²) in [5.74, 6) is 0.575. The van der Waals surface area contributed by atoms with Gasteiger partial charge in [-0.25, -0.2) is 0 Å². The number of aliphatic hydroxyl groups excluding tert-OH is 1. The Kier molecular flexibility index (Phi) is 5.77. The van der Waals surface area contributed by atoms with E-state index in [9.17, 15) is 9.90 Å². The Morgan fingerprint density at radius 3 is 2.48 bits per heavy atom. The summed E-state index contributed by atoms with van der Waals surface area (Å²) in [5.41, 5.74) is 3.40. The van der Waals surface area contributed by atoms with Gasteiger partial charge in [-0.05, 0) is 50.1 Å².